The van der Waals surface area contributed by atoms with Gasteiger partial charge in [-0.3, -0.25) is 4.90 Å². The van der Waals surface area contributed by atoms with E-state index in [4.69, 9.17) is 0 Å². The van der Waals surface area contributed by atoms with Crippen molar-refractivity contribution < 1.29 is 0 Å². The van der Waals surface area contributed by atoms with Crippen molar-refractivity contribution in [2.24, 2.45) is 0 Å². The number of aromatic nitrogens is 3. The van der Waals surface area contributed by atoms with Crippen molar-refractivity contribution in [3.05, 3.63) is 71.9 Å². The van der Waals surface area contributed by atoms with Crippen LogP contribution in [0.2, 0.25) is 0 Å². The predicted molar refractivity (Wildman–Crippen MR) is 108 cm³/mol. The average Bonchev–Trinajstić information content (AvgIpc) is 2.71. The first kappa shape index (κ1) is 17.4. The molecule has 1 aliphatic heterocycles. The lowest BCUT2D eigenvalue weighted by Gasteiger charge is -2.34. The molecule has 2 heterocycles. The standard InChI is InChI=1S/C21H24N6/c1-17-7-5-6-10-19(17)23-20-15-22-25-21(24-20)27-13-11-26(12-14-27)16-18-8-3-2-4-9-18/h2-10,15H,11-14,16H2,1H3,(H,23,24,25). The lowest BCUT2D eigenvalue weighted by molar-refractivity contribution is 0.248. The van der Waals surface area contributed by atoms with Crippen LogP contribution < -0.4 is 10.2 Å². The average molecular weight is 360 g/mol. The third kappa shape index (κ3) is 4.41. The highest BCUT2D eigenvalue weighted by Crippen LogP contribution is 2.20. The van der Waals surface area contributed by atoms with E-state index in [1.54, 1.807) is 6.20 Å². The Morgan fingerprint density at radius 1 is 0.926 bits per heavy atom. The van der Waals surface area contributed by atoms with Gasteiger partial charge < -0.3 is 10.2 Å². The summed E-state index contributed by atoms with van der Waals surface area (Å²) in [6.45, 7) is 6.86. The second-order valence-corrected chi connectivity index (χ2v) is 6.83. The van der Waals surface area contributed by atoms with Crippen LogP contribution in [0, 0.1) is 6.92 Å². The van der Waals surface area contributed by atoms with E-state index in [2.05, 4.69) is 73.6 Å². The fourth-order valence-electron chi connectivity index (χ4n) is 3.29. The van der Waals surface area contributed by atoms with Gasteiger partial charge in [0.1, 0.15) is 0 Å². The van der Waals surface area contributed by atoms with Gasteiger partial charge in [-0.1, -0.05) is 48.5 Å². The number of anilines is 3. The summed E-state index contributed by atoms with van der Waals surface area (Å²) in [5.74, 6) is 1.41. The van der Waals surface area contributed by atoms with Crippen LogP contribution in [0.5, 0.6) is 0 Å². The van der Waals surface area contributed by atoms with E-state index >= 15 is 0 Å². The molecule has 0 spiro atoms. The summed E-state index contributed by atoms with van der Waals surface area (Å²) < 4.78 is 0. The largest absolute Gasteiger partial charge is 0.339 e. The summed E-state index contributed by atoms with van der Waals surface area (Å²) in [7, 11) is 0. The second-order valence-electron chi connectivity index (χ2n) is 6.83. The van der Waals surface area contributed by atoms with E-state index in [1.165, 1.54) is 11.1 Å². The number of rotatable bonds is 5. The summed E-state index contributed by atoms with van der Waals surface area (Å²) in [5, 5.41) is 11.7. The summed E-state index contributed by atoms with van der Waals surface area (Å²) in [4.78, 5) is 9.34. The van der Waals surface area contributed by atoms with Crippen LogP contribution in [0.25, 0.3) is 0 Å². The van der Waals surface area contributed by atoms with Gasteiger partial charge in [0.25, 0.3) is 0 Å². The number of benzene rings is 2. The molecule has 138 valence electrons. The molecule has 1 aromatic heterocycles. The molecule has 0 radical (unpaired) electrons. The van der Waals surface area contributed by atoms with Crippen molar-refractivity contribution in [1.82, 2.24) is 20.1 Å². The molecule has 0 saturated carbocycles. The van der Waals surface area contributed by atoms with Crippen molar-refractivity contribution >= 4 is 17.5 Å². The molecule has 2 aromatic carbocycles. The monoisotopic (exact) mass is 360 g/mol. The first-order valence-electron chi connectivity index (χ1n) is 9.31. The predicted octanol–water partition coefficient (Wildman–Crippen LogP) is 3.25. The number of nitrogens with zero attached hydrogens (tertiary/aromatic N) is 5. The fraction of sp³-hybridized carbons (Fsp3) is 0.286. The van der Waals surface area contributed by atoms with Gasteiger partial charge in [-0.15, -0.1) is 5.10 Å². The maximum absolute atomic E-state index is 4.66. The Kier molecular flexibility index (Phi) is 5.25. The molecule has 0 unspecified atom stereocenters. The summed E-state index contributed by atoms with van der Waals surface area (Å²) >= 11 is 0. The minimum absolute atomic E-state index is 0.688. The summed E-state index contributed by atoms with van der Waals surface area (Å²) in [6, 6.07) is 18.8. The van der Waals surface area contributed by atoms with Crippen LogP contribution in [-0.2, 0) is 6.54 Å². The maximum atomic E-state index is 4.66. The van der Waals surface area contributed by atoms with Gasteiger partial charge in [0.05, 0.1) is 6.20 Å². The molecule has 1 fully saturated rings. The topological polar surface area (TPSA) is 57.2 Å². The molecular formula is C21H24N6. The Bertz CT molecular complexity index is 875. The van der Waals surface area contributed by atoms with E-state index in [-0.39, 0.29) is 0 Å². The molecular weight excluding hydrogens is 336 g/mol. The number of para-hydroxylation sites is 1. The summed E-state index contributed by atoms with van der Waals surface area (Å²) in [6.07, 6.45) is 1.67. The number of aryl methyl sites for hydroxylation is 1. The minimum atomic E-state index is 0.688. The molecule has 0 amide bonds. The molecule has 0 aliphatic carbocycles. The van der Waals surface area contributed by atoms with Gasteiger partial charge in [-0.2, -0.15) is 10.1 Å². The molecule has 1 N–H and O–H groups in total. The van der Waals surface area contributed by atoms with E-state index in [0.29, 0.717) is 5.95 Å². The lowest BCUT2D eigenvalue weighted by Crippen LogP contribution is -2.46. The number of piperazine rings is 1. The number of nitrogens with one attached hydrogen (secondary N) is 1. The molecule has 6 nitrogen and oxygen atoms in total. The smallest absolute Gasteiger partial charge is 0.247 e. The molecule has 1 aliphatic rings. The Morgan fingerprint density at radius 2 is 1.67 bits per heavy atom. The van der Waals surface area contributed by atoms with Crippen LogP contribution >= 0.6 is 0 Å². The molecule has 1 saturated heterocycles. The zero-order valence-electron chi connectivity index (χ0n) is 15.5. The molecule has 6 heteroatoms. The maximum Gasteiger partial charge on any atom is 0.247 e. The van der Waals surface area contributed by atoms with Gasteiger partial charge in [-0.25, -0.2) is 0 Å². The Labute approximate surface area is 159 Å². The van der Waals surface area contributed by atoms with Crippen molar-refractivity contribution in [2.75, 3.05) is 36.4 Å². The molecule has 27 heavy (non-hydrogen) atoms. The highest BCUT2D eigenvalue weighted by Gasteiger charge is 2.19. The molecule has 0 atom stereocenters. The quantitative estimate of drug-likeness (QED) is 0.754. The fourth-order valence-corrected chi connectivity index (χ4v) is 3.29. The lowest BCUT2D eigenvalue weighted by atomic mass is 10.2. The van der Waals surface area contributed by atoms with E-state index in [0.717, 1.165) is 44.2 Å². The van der Waals surface area contributed by atoms with E-state index in [1.807, 2.05) is 18.2 Å². The van der Waals surface area contributed by atoms with Crippen LogP contribution in [0.15, 0.2) is 60.8 Å². The van der Waals surface area contributed by atoms with Crippen LogP contribution in [-0.4, -0.2) is 46.3 Å². The van der Waals surface area contributed by atoms with Crippen molar-refractivity contribution in [1.29, 1.82) is 0 Å². The van der Waals surface area contributed by atoms with Gasteiger partial charge in [0.15, 0.2) is 5.82 Å². The summed E-state index contributed by atoms with van der Waals surface area (Å²) in [5.41, 5.74) is 3.57. The SMILES string of the molecule is Cc1ccccc1Nc1cnnc(N2CCN(Cc3ccccc3)CC2)n1. The van der Waals surface area contributed by atoms with Crippen molar-refractivity contribution in [3.63, 3.8) is 0 Å². The van der Waals surface area contributed by atoms with Crippen LogP contribution in [0.1, 0.15) is 11.1 Å². The highest BCUT2D eigenvalue weighted by atomic mass is 15.4. The van der Waals surface area contributed by atoms with E-state index < -0.39 is 0 Å². The van der Waals surface area contributed by atoms with Gasteiger partial charge in [0.2, 0.25) is 5.95 Å². The zero-order valence-corrected chi connectivity index (χ0v) is 15.5. The highest BCUT2D eigenvalue weighted by molar-refractivity contribution is 5.60. The first-order chi connectivity index (χ1) is 13.3. The second kappa shape index (κ2) is 8.14. The molecule has 4 rings (SSSR count). The molecule has 0 bridgehead atoms. The first-order valence-corrected chi connectivity index (χ1v) is 9.31. The third-order valence-corrected chi connectivity index (χ3v) is 4.86. The van der Waals surface area contributed by atoms with Gasteiger partial charge in [0, 0.05) is 38.4 Å². The zero-order chi connectivity index (χ0) is 18.5. The Balaban J connectivity index is 1.38. The minimum Gasteiger partial charge on any atom is -0.339 e. The van der Waals surface area contributed by atoms with Crippen LogP contribution in [0.4, 0.5) is 17.5 Å². The van der Waals surface area contributed by atoms with Crippen LogP contribution in [0.3, 0.4) is 0 Å². The Morgan fingerprint density at radius 3 is 2.44 bits per heavy atom. The van der Waals surface area contributed by atoms with Crippen molar-refractivity contribution in [2.45, 2.75) is 13.5 Å². The van der Waals surface area contributed by atoms with Gasteiger partial charge >= 0.3 is 0 Å². The normalized spacial score (nSPS) is 14.9. The third-order valence-electron chi connectivity index (χ3n) is 4.86. The molecule has 3 aromatic rings. The number of hydrogen-bond acceptors (Lipinski definition) is 6. The Hall–Kier alpha value is -2.99. The van der Waals surface area contributed by atoms with E-state index in [9.17, 15) is 0 Å². The van der Waals surface area contributed by atoms with Crippen molar-refractivity contribution in [3.8, 4) is 0 Å². The van der Waals surface area contributed by atoms with Gasteiger partial charge in [-0.05, 0) is 24.1 Å². The number of hydrogen-bond donors (Lipinski definition) is 1.